The maximum atomic E-state index is 6.18. The highest BCUT2D eigenvalue weighted by molar-refractivity contribution is 9.10. The molecule has 0 saturated heterocycles. The average molecular weight is 429 g/mol. The van der Waals surface area contributed by atoms with Gasteiger partial charge in [-0.1, -0.05) is 56.8 Å². The fourth-order valence-corrected chi connectivity index (χ4v) is 3.20. The standard InChI is InChI=1S/C13H7Br2Cl3/c14-10-3-1-7(5-12(10)18)13(15)9-6-8(16)2-4-11(9)17/h1-6,13H. The molecule has 0 aromatic heterocycles. The number of alkyl halides is 1. The number of hydrogen-bond donors (Lipinski definition) is 0. The summed E-state index contributed by atoms with van der Waals surface area (Å²) in [5, 5.41) is 1.98. The van der Waals surface area contributed by atoms with Crippen molar-refractivity contribution in [2.45, 2.75) is 4.83 Å². The lowest BCUT2D eigenvalue weighted by Gasteiger charge is -2.13. The van der Waals surface area contributed by atoms with Gasteiger partial charge in [0.25, 0.3) is 0 Å². The maximum Gasteiger partial charge on any atom is 0.0660 e. The highest BCUT2D eigenvalue weighted by atomic mass is 79.9. The topological polar surface area (TPSA) is 0 Å². The summed E-state index contributed by atoms with van der Waals surface area (Å²) in [4.78, 5) is -0.0469. The minimum Gasteiger partial charge on any atom is -0.0843 e. The van der Waals surface area contributed by atoms with Gasteiger partial charge in [0.1, 0.15) is 0 Å². The van der Waals surface area contributed by atoms with Crippen LogP contribution in [-0.4, -0.2) is 0 Å². The van der Waals surface area contributed by atoms with Crippen molar-refractivity contribution in [2.24, 2.45) is 0 Å². The molecule has 94 valence electrons. The van der Waals surface area contributed by atoms with Crippen LogP contribution in [0, 0.1) is 0 Å². The van der Waals surface area contributed by atoms with Gasteiger partial charge in [-0.15, -0.1) is 0 Å². The normalized spacial score (nSPS) is 12.5. The van der Waals surface area contributed by atoms with Crippen molar-refractivity contribution in [1.29, 1.82) is 0 Å². The van der Waals surface area contributed by atoms with Crippen molar-refractivity contribution < 1.29 is 0 Å². The predicted octanol–water partition coefficient (Wildman–Crippen LogP) is 6.89. The van der Waals surface area contributed by atoms with Crippen LogP contribution in [0.1, 0.15) is 16.0 Å². The molecule has 18 heavy (non-hydrogen) atoms. The Hall–Kier alpha value is 0.270. The molecule has 2 aromatic carbocycles. The Bertz CT molecular complexity index is 584. The summed E-state index contributed by atoms with van der Waals surface area (Å²) in [5.74, 6) is 0. The largest absolute Gasteiger partial charge is 0.0843 e. The Kier molecular flexibility index (Phi) is 5.01. The van der Waals surface area contributed by atoms with Crippen molar-refractivity contribution in [3.63, 3.8) is 0 Å². The lowest BCUT2D eigenvalue weighted by Crippen LogP contribution is -1.94. The molecule has 2 aromatic rings. The smallest absolute Gasteiger partial charge is 0.0660 e. The molecule has 0 heterocycles. The van der Waals surface area contributed by atoms with Crippen LogP contribution in [0.15, 0.2) is 40.9 Å². The first-order valence-corrected chi connectivity index (χ1v) is 7.87. The van der Waals surface area contributed by atoms with E-state index in [9.17, 15) is 0 Å². The second kappa shape index (κ2) is 6.15. The third-order valence-electron chi connectivity index (χ3n) is 2.47. The van der Waals surface area contributed by atoms with Crippen LogP contribution < -0.4 is 0 Å². The average Bonchev–Trinajstić information content (AvgIpc) is 2.35. The molecule has 2 rings (SSSR count). The Morgan fingerprint density at radius 1 is 0.889 bits per heavy atom. The predicted molar refractivity (Wildman–Crippen MR) is 86.4 cm³/mol. The number of benzene rings is 2. The van der Waals surface area contributed by atoms with Gasteiger partial charge in [-0.25, -0.2) is 0 Å². The quantitative estimate of drug-likeness (QED) is 0.456. The van der Waals surface area contributed by atoms with E-state index in [-0.39, 0.29) is 4.83 Å². The SMILES string of the molecule is Clc1ccc(Cl)c(C(Br)c2ccc(Br)c(Cl)c2)c1. The minimum atomic E-state index is -0.0469. The van der Waals surface area contributed by atoms with Crippen LogP contribution >= 0.6 is 66.7 Å². The molecular weight excluding hydrogens is 422 g/mol. The van der Waals surface area contributed by atoms with Gasteiger partial charge in [0.2, 0.25) is 0 Å². The lowest BCUT2D eigenvalue weighted by atomic mass is 10.0. The fourth-order valence-electron chi connectivity index (χ4n) is 1.56. The molecule has 0 saturated carbocycles. The van der Waals surface area contributed by atoms with Crippen molar-refractivity contribution in [2.75, 3.05) is 0 Å². The molecule has 0 amide bonds. The molecule has 1 atom stereocenters. The first kappa shape index (κ1) is 14.7. The molecule has 1 unspecified atom stereocenters. The second-order valence-electron chi connectivity index (χ2n) is 3.70. The van der Waals surface area contributed by atoms with E-state index in [1.807, 2.05) is 24.3 Å². The molecule has 0 radical (unpaired) electrons. The lowest BCUT2D eigenvalue weighted by molar-refractivity contribution is 1.18. The molecule has 0 aliphatic heterocycles. The zero-order valence-corrected chi connectivity index (χ0v) is 14.4. The Balaban J connectivity index is 2.44. The van der Waals surface area contributed by atoms with E-state index >= 15 is 0 Å². The van der Waals surface area contributed by atoms with Crippen molar-refractivity contribution >= 4 is 66.7 Å². The van der Waals surface area contributed by atoms with Gasteiger partial charge in [0.15, 0.2) is 0 Å². The highest BCUT2D eigenvalue weighted by Crippen LogP contribution is 2.38. The monoisotopic (exact) mass is 426 g/mol. The van der Waals surface area contributed by atoms with E-state index in [1.54, 1.807) is 12.1 Å². The summed E-state index contributed by atoms with van der Waals surface area (Å²) in [6.45, 7) is 0. The first-order chi connectivity index (χ1) is 8.49. The zero-order valence-electron chi connectivity index (χ0n) is 8.93. The molecule has 0 N–H and O–H groups in total. The third-order valence-corrected chi connectivity index (χ3v) is 5.30. The van der Waals surface area contributed by atoms with E-state index in [1.165, 1.54) is 0 Å². The van der Waals surface area contributed by atoms with Gasteiger partial charge in [-0.3, -0.25) is 0 Å². The third kappa shape index (κ3) is 3.23. The first-order valence-electron chi connectivity index (χ1n) is 5.03. The Morgan fingerprint density at radius 3 is 2.28 bits per heavy atom. The fraction of sp³-hybridized carbons (Fsp3) is 0.0769. The summed E-state index contributed by atoms with van der Waals surface area (Å²) in [5.41, 5.74) is 1.94. The van der Waals surface area contributed by atoms with Gasteiger partial charge < -0.3 is 0 Å². The van der Waals surface area contributed by atoms with Crippen LogP contribution in [0.5, 0.6) is 0 Å². The van der Waals surface area contributed by atoms with Crippen molar-refractivity contribution in [3.05, 3.63) is 67.1 Å². The Morgan fingerprint density at radius 2 is 1.61 bits per heavy atom. The maximum absolute atomic E-state index is 6.18. The summed E-state index contributed by atoms with van der Waals surface area (Å²) >= 11 is 25.2. The minimum absolute atomic E-state index is 0.0469. The van der Waals surface area contributed by atoms with Gasteiger partial charge in [0, 0.05) is 14.5 Å². The molecule has 5 heteroatoms. The van der Waals surface area contributed by atoms with E-state index < -0.39 is 0 Å². The summed E-state index contributed by atoms with van der Waals surface area (Å²) in [6, 6.07) is 11.2. The molecular formula is C13H7Br2Cl3. The van der Waals surface area contributed by atoms with Crippen LogP contribution in [0.3, 0.4) is 0 Å². The number of rotatable bonds is 2. The summed E-state index contributed by atoms with van der Waals surface area (Å²) < 4.78 is 0.866. The number of hydrogen-bond acceptors (Lipinski definition) is 0. The Labute approximate surface area is 137 Å². The van der Waals surface area contributed by atoms with Crippen LogP contribution in [0.2, 0.25) is 15.1 Å². The van der Waals surface area contributed by atoms with Crippen LogP contribution in [-0.2, 0) is 0 Å². The van der Waals surface area contributed by atoms with Gasteiger partial charge in [-0.05, 0) is 57.4 Å². The van der Waals surface area contributed by atoms with Gasteiger partial charge in [0.05, 0.1) is 9.85 Å². The molecule has 0 fully saturated rings. The zero-order chi connectivity index (χ0) is 13.3. The van der Waals surface area contributed by atoms with E-state index in [0.29, 0.717) is 15.1 Å². The number of halogens is 5. The van der Waals surface area contributed by atoms with E-state index in [4.69, 9.17) is 34.8 Å². The second-order valence-corrected chi connectivity index (χ2v) is 6.72. The molecule has 0 aliphatic carbocycles. The molecule has 0 aliphatic rings. The van der Waals surface area contributed by atoms with Crippen LogP contribution in [0.4, 0.5) is 0 Å². The summed E-state index contributed by atoms with van der Waals surface area (Å²) in [6.07, 6.45) is 0. The van der Waals surface area contributed by atoms with E-state index in [0.717, 1.165) is 15.6 Å². The molecule has 0 spiro atoms. The highest BCUT2D eigenvalue weighted by Gasteiger charge is 2.15. The van der Waals surface area contributed by atoms with Gasteiger partial charge in [-0.2, -0.15) is 0 Å². The van der Waals surface area contributed by atoms with Crippen LogP contribution in [0.25, 0.3) is 0 Å². The van der Waals surface area contributed by atoms with Gasteiger partial charge >= 0.3 is 0 Å². The molecule has 0 bridgehead atoms. The van der Waals surface area contributed by atoms with E-state index in [2.05, 4.69) is 31.9 Å². The summed E-state index contributed by atoms with van der Waals surface area (Å²) in [7, 11) is 0. The van der Waals surface area contributed by atoms with Crippen molar-refractivity contribution in [1.82, 2.24) is 0 Å². The molecule has 0 nitrogen and oxygen atoms in total. The van der Waals surface area contributed by atoms with Crippen molar-refractivity contribution in [3.8, 4) is 0 Å².